The zero-order valence-corrected chi connectivity index (χ0v) is 20.6. The zero-order chi connectivity index (χ0) is 25.0. The number of anilines is 1. The Morgan fingerprint density at radius 1 is 1.03 bits per heavy atom. The molecule has 5 aliphatic rings. The van der Waals surface area contributed by atoms with Gasteiger partial charge in [-0.2, -0.15) is 18.3 Å². The van der Waals surface area contributed by atoms with Crippen LogP contribution in [0.5, 0.6) is 0 Å². The minimum absolute atomic E-state index is 0.0387. The van der Waals surface area contributed by atoms with Crippen LogP contribution in [0.2, 0.25) is 0 Å². The molecule has 0 radical (unpaired) electrons. The van der Waals surface area contributed by atoms with Gasteiger partial charge in [0.15, 0.2) is 0 Å². The van der Waals surface area contributed by atoms with Gasteiger partial charge < -0.3 is 9.64 Å². The Hall–Kier alpha value is -2.75. The molecule has 3 aromatic rings. The third kappa shape index (κ3) is 3.22. The van der Waals surface area contributed by atoms with E-state index in [0.29, 0.717) is 35.9 Å². The van der Waals surface area contributed by atoms with E-state index < -0.39 is 17.0 Å². The number of fused-ring (bicyclic) bond motifs is 1. The van der Waals surface area contributed by atoms with E-state index in [-0.39, 0.29) is 31.5 Å². The maximum Gasteiger partial charge on any atom is 0.394 e. The molecule has 2 bridgehead atoms. The smallest absolute Gasteiger partial charge is 0.367 e. The summed E-state index contributed by atoms with van der Waals surface area (Å²) in [6.07, 6.45) is 2.19. The lowest BCUT2D eigenvalue weighted by Gasteiger charge is -2.70. The fraction of sp³-hybridized carbons (Fsp3) is 0.615. The van der Waals surface area contributed by atoms with E-state index in [1.807, 2.05) is 37.7 Å². The number of hydrogen-bond acceptors (Lipinski definition) is 6. The monoisotopic (exact) mass is 498 g/mol. The second-order valence-electron chi connectivity index (χ2n) is 11.5. The Balaban J connectivity index is 1.26. The van der Waals surface area contributed by atoms with E-state index in [0.717, 1.165) is 35.6 Å². The molecule has 1 saturated heterocycles. The topological polar surface area (TPSA) is 69.0 Å². The molecule has 4 aliphatic carbocycles. The molecule has 0 amide bonds. The van der Waals surface area contributed by atoms with E-state index in [9.17, 15) is 13.2 Å². The summed E-state index contributed by atoms with van der Waals surface area (Å²) in [5.74, 6) is 0.732. The molecule has 0 unspecified atom stereocenters. The minimum atomic E-state index is -4.17. The molecular formula is C26H29F3N6O. The summed E-state index contributed by atoms with van der Waals surface area (Å²) in [5.41, 5.74) is 2.53. The third-order valence-corrected chi connectivity index (χ3v) is 8.68. The van der Waals surface area contributed by atoms with Crippen LogP contribution in [0, 0.1) is 19.3 Å². The van der Waals surface area contributed by atoms with Gasteiger partial charge in [0, 0.05) is 29.8 Å². The van der Waals surface area contributed by atoms with Crippen LogP contribution in [0.1, 0.15) is 73.8 Å². The molecule has 1 aliphatic heterocycles. The highest BCUT2D eigenvalue weighted by Gasteiger charge is 2.79. The number of morpholine rings is 1. The first kappa shape index (κ1) is 22.4. The molecule has 5 fully saturated rings. The standard InChI is InChI=1S/C26H29F3N6O/c1-14-8-34(10-20(36-14)17-7-30-35(9-17)18-4-5-18)21-6-19-22(32-16(3)15(2)31-19)23(33-21)24-11-25(12-24,13-24)26(27,28)29/h6-7,9,14,18,20H,4-5,8,10-13H2,1-3H3/t14-,20-,24?,25?/m1/s1. The van der Waals surface area contributed by atoms with Gasteiger partial charge in [-0.15, -0.1) is 0 Å². The number of aryl methyl sites for hydroxylation is 2. The highest BCUT2D eigenvalue weighted by Crippen LogP contribution is 2.78. The van der Waals surface area contributed by atoms with Gasteiger partial charge in [-0.3, -0.25) is 4.68 Å². The number of pyridine rings is 1. The second-order valence-corrected chi connectivity index (χ2v) is 11.5. The van der Waals surface area contributed by atoms with Gasteiger partial charge in [0.1, 0.15) is 17.4 Å². The van der Waals surface area contributed by atoms with Crippen LogP contribution < -0.4 is 4.90 Å². The molecule has 4 saturated carbocycles. The minimum Gasteiger partial charge on any atom is -0.367 e. The summed E-state index contributed by atoms with van der Waals surface area (Å²) < 4.78 is 49.2. The van der Waals surface area contributed by atoms with E-state index in [2.05, 4.69) is 16.2 Å². The molecule has 0 aromatic carbocycles. The molecule has 2 atom stereocenters. The van der Waals surface area contributed by atoms with Crippen molar-refractivity contribution in [3.05, 3.63) is 41.1 Å². The highest BCUT2D eigenvalue weighted by atomic mass is 19.4. The van der Waals surface area contributed by atoms with Crippen molar-refractivity contribution < 1.29 is 17.9 Å². The van der Waals surface area contributed by atoms with Crippen molar-refractivity contribution in [2.75, 3.05) is 18.0 Å². The zero-order valence-electron chi connectivity index (χ0n) is 20.6. The van der Waals surface area contributed by atoms with Crippen molar-refractivity contribution in [3.8, 4) is 0 Å². The summed E-state index contributed by atoms with van der Waals surface area (Å²) in [7, 11) is 0. The molecule has 10 heteroatoms. The van der Waals surface area contributed by atoms with Crippen molar-refractivity contribution in [2.24, 2.45) is 5.41 Å². The van der Waals surface area contributed by atoms with Gasteiger partial charge in [-0.05, 0) is 52.9 Å². The van der Waals surface area contributed by atoms with Crippen LogP contribution in [-0.2, 0) is 10.2 Å². The molecule has 8 rings (SSSR count). The number of rotatable bonds is 4. The summed E-state index contributed by atoms with van der Waals surface area (Å²) in [6.45, 7) is 7.06. The number of halogens is 3. The lowest BCUT2D eigenvalue weighted by atomic mass is 9.34. The number of ether oxygens (including phenoxy) is 1. The molecular weight excluding hydrogens is 469 g/mol. The fourth-order valence-corrected chi connectivity index (χ4v) is 6.47. The van der Waals surface area contributed by atoms with Crippen molar-refractivity contribution >= 4 is 16.9 Å². The lowest BCUT2D eigenvalue weighted by molar-refractivity contribution is -0.337. The molecule has 3 aromatic heterocycles. The van der Waals surface area contributed by atoms with Crippen LogP contribution in [0.25, 0.3) is 11.0 Å². The van der Waals surface area contributed by atoms with Crippen molar-refractivity contribution in [2.45, 2.75) is 82.7 Å². The van der Waals surface area contributed by atoms with Crippen molar-refractivity contribution in [1.29, 1.82) is 0 Å². The summed E-state index contributed by atoms with van der Waals surface area (Å²) in [5, 5.41) is 4.52. The number of aromatic nitrogens is 5. The molecule has 7 nitrogen and oxygen atoms in total. The molecule has 0 spiro atoms. The first-order chi connectivity index (χ1) is 17.1. The Morgan fingerprint density at radius 3 is 2.44 bits per heavy atom. The summed E-state index contributed by atoms with van der Waals surface area (Å²) in [4.78, 5) is 16.7. The fourth-order valence-electron chi connectivity index (χ4n) is 6.47. The summed E-state index contributed by atoms with van der Waals surface area (Å²) >= 11 is 0. The predicted octanol–water partition coefficient (Wildman–Crippen LogP) is 5.12. The average Bonchev–Trinajstić information content (AvgIpc) is 3.48. The second kappa shape index (κ2) is 7.18. The summed E-state index contributed by atoms with van der Waals surface area (Å²) in [6, 6.07) is 2.44. The van der Waals surface area contributed by atoms with Crippen molar-refractivity contribution in [1.82, 2.24) is 24.7 Å². The Labute approximate surface area is 207 Å². The van der Waals surface area contributed by atoms with E-state index >= 15 is 0 Å². The van der Waals surface area contributed by atoms with E-state index in [1.165, 1.54) is 0 Å². The Bertz CT molecular complexity index is 1360. The Morgan fingerprint density at radius 2 is 1.75 bits per heavy atom. The molecule has 0 N–H and O–H groups in total. The van der Waals surface area contributed by atoms with Gasteiger partial charge in [-0.1, -0.05) is 0 Å². The van der Waals surface area contributed by atoms with Crippen LogP contribution in [0.15, 0.2) is 18.5 Å². The highest BCUT2D eigenvalue weighted by molar-refractivity contribution is 5.82. The van der Waals surface area contributed by atoms with Gasteiger partial charge in [0.25, 0.3) is 0 Å². The van der Waals surface area contributed by atoms with Crippen molar-refractivity contribution in [3.63, 3.8) is 0 Å². The maximum atomic E-state index is 13.6. The van der Waals surface area contributed by atoms with Gasteiger partial charge in [0.05, 0.1) is 52.9 Å². The van der Waals surface area contributed by atoms with Crippen LogP contribution in [-0.4, -0.2) is 50.1 Å². The number of alkyl halides is 3. The SMILES string of the molecule is Cc1nc2cc(N3C[C@@H](C)O[C@@H](c4cnn(C5CC5)c4)C3)nc(C34CC(C(F)(F)F)(C3)C4)c2nc1C. The van der Waals surface area contributed by atoms with E-state index in [4.69, 9.17) is 19.7 Å². The van der Waals surface area contributed by atoms with Gasteiger partial charge in [0.2, 0.25) is 0 Å². The average molecular weight is 499 g/mol. The molecule has 190 valence electrons. The van der Waals surface area contributed by atoms with E-state index in [1.54, 1.807) is 0 Å². The largest absolute Gasteiger partial charge is 0.394 e. The predicted molar refractivity (Wildman–Crippen MR) is 127 cm³/mol. The molecule has 4 heterocycles. The third-order valence-electron chi connectivity index (χ3n) is 8.68. The normalized spacial score (nSPS) is 31.9. The van der Waals surface area contributed by atoms with Gasteiger partial charge in [-0.25, -0.2) is 15.0 Å². The first-order valence-electron chi connectivity index (χ1n) is 12.7. The van der Waals surface area contributed by atoms with Crippen LogP contribution in [0.4, 0.5) is 19.0 Å². The Kier molecular flexibility index (Phi) is 4.47. The van der Waals surface area contributed by atoms with Gasteiger partial charge >= 0.3 is 6.18 Å². The number of hydrogen-bond donors (Lipinski definition) is 0. The number of nitrogens with zero attached hydrogens (tertiary/aromatic N) is 6. The van der Waals surface area contributed by atoms with Crippen LogP contribution in [0.3, 0.4) is 0 Å². The lowest BCUT2D eigenvalue weighted by Crippen LogP contribution is -2.70. The molecule has 36 heavy (non-hydrogen) atoms. The quantitative estimate of drug-likeness (QED) is 0.497. The maximum absolute atomic E-state index is 13.6. The van der Waals surface area contributed by atoms with Crippen LogP contribution >= 0.6 is 0 Å². The first-order valence-corrected chi connectivity index (χ1v) is 12.7.